The first-order valence-electron chi connectivity index (χ1n) is 5.08. The summed E-state index contributed by atoms with van der Waals surface area (Å²) in [5, 5.41) is 0. The quantitative estimate of drug-likeness (QED) is 0.591. The molecular formula is C13H12O4. The van der Waals surface area contributed by atoms with Gasteiger partial charge in [-0.15, -0.1) is 0 Å². The molecule has 0 atom stereocenters. The lowest BCUT2D eigenvalue weighted by molar-refractivity contribution is -0.132. The first kappa shape index (κ1) is 11.3. The van der Waals surface area contributed by atoms with E-state index in [9.17, 15) is 4.79 Å². The summed E-state index contributed by atoms with van der Waals surface area (Å²) in [7, 11) is 3.00. The van der Waals surface area contributed by atoms with Crippen LogP contribution in [0.2, 0.25) is 0 Å². The van der Waals surface area contributed by atoms with Crippen LogP contribution in [0.5, 0.6) is 0 Å². The zero-order valence-electron chi connectivity index (χ0n) is 9.60. The molecule has 2 rings (SSSR count). The van der Waals surface area contributed by atoms with Crippen molar-refractivity contribution in [2.45, 2.75) is 0 Å². The van der Waals surface area contributed by atoms with Gasteiger partial charge in [0.1, 0.15) is 0 Å². The molecule has 0 aliphatic carbocycles. The van der Waals surface area contributed by atoms with E-state index in [0.29, 0.717) is 17.3 Å². The first-order chi connectivity index (χ1) is 8.26. The standard InChI is InChI=1S/C13H12O4/c1-15-10-8-11(14)17-13(10)12(16-2)9-6-4-3-5-7-9/h3-8H,1-2H3/b13-12-. The molecule has 1 heterocycles. The molecule has 0 N–H and O–H groups in total. The minimum Gasteiger partial charge on any atom is -0.492 e. The van der Waals surface area contributed by atoms with Crippen molar-refractivity contribution in [3.63, 3.8) is 0 Å². The fourth-order valence-corrected chi connectivity index (χ4v) is 1.59. The van der Waals surface area contributed by atoms with E-state index in [2.05, 4.69) is 0 Å². The molecule has 1 aliphatic heterocycles. The van der Waals surface area contributed by atoms with Gasteiger partial charge in [-0.2, -0.15) is 0 Å². The molecule has 0 unspecified atom stereocenters. The first-order valence-corrected chi connectivity index (χ1v) is 5.08. The smallest absolute Gasteiger partial charge is 0.340 e. The number of cyclic esters (lactones) is 1. The molecule has 4 heteroatoms. The van der Waals surface area contributed by atoms with Crippen molar-refractivity contribution in [1.82, 2.24) is 0 Å². The molecular weight excluding hydrogens is 220 g/mol. The van der Waals surface area contributed by atoms with Gasteiger partial charge in [-0.25, -0.2) is 4.79 Å². The van der Waals surface area contributed by atoms with Crippen LogP contribution in [0.3, 0.4) is 0 Å². The van der Waals surface area contributed by atoms with E-state index in [4.69, 9.17) is 14.2 Å². The van der Waals surface area contributed by atoms with Gasteiger partial charge in [0.05, 0.1) is 20.3 Å². The molecule has 0 radical (unpaired) electrons. The molecule has 1 aliphatic rings. The van der Waals surface area contributed by atoms with Gasteiger partial charge in [0, 0.05) is 5.56 Å². The maximum Gasteiger partial charge on any atom is 0.340 e. The Hall–Kier alpha value is -2.23. The second-order valence-electron chi connectivity index (χ2n) is 3.36. The predicted octanol–water partition coefficient (Wildman–Crippen LogP) is 2.09. The second-order valence-corrected chi connectivity index (χ2v) is 3.36. The van der Waals surface area contributed by atoms with Crippen LogP contribution in [-0.2, 0) is 19.0 Å². The van der Waals surface area contributed by atoms with Crippen molar-refractivity contribution >= 4 is 11.7 Å². The topological polar surface area (TPSA) is 44.8 Å². The van der Waals surface area contributed by atoms with Crippen molar-refractivity contribution in [2.24, 2.45) is 0 Å². The number of carbonyl (C=O) groups is 1. The molecule has 0 aromatic heterocycles. The van der Waals surface area contributed by atoms with E-state index in [1.54, 1.807) is 0 Å². The molecule has 0 saturated heterocycles. The lowest BCUT2D eigenvalue weighted by Crippen LogP contribution is -1.99. The minimum absolute atomic E-state index is 0.311. The van der Waals surface area contributed by atoms with Crippen LogP contribution in [0.1, 0.15) is 5.56 Å². The molecule has 0 saturated carbocycles. The van der Waals surface area contributed by atoms with Crippen LogP contribution in [0, 0.1) is 0 Å². The zero-order chi connectivity index (χ0) is 12.3. The summed E-state index contributed by atoms with van der Waals surface area (Å²) in [4.78, 5) is 11.2. The molecule has 1 aromatic rings. The highest BCUT2D eigenvalue weighted by Crippen LogP contribution is 2.29. The Bertz CT molecular complexity index is 485. The summed E-state index contributed by atoms with van der Waals surface area (Å²) in [6, 6.07) is 9.38. The van der Waals surface area contributed by atoms with E-state index < -0.39 is 5.97 Å². The normalized spacial score (nSPS) is 17.3. The van der Waals surface area contributed by atoms with E-state index >= 15 is 0 Å². The van der Waals surface area contributed by atoms with E-state index in [1.807, 2.05) is 30.3 Å². The molecule has 0 amide bonds. The zero-order valence-corrected chi connectivity index (χ0v) is 9.60. The summed E-state index contributed by atoms with van der Waals surface area (Å²) >= 11 is 0. The number of methoxy groups -OCH3 is 2. The molecule has 0 spiro atoms. The number of rotatable bonds is 3. The van der Waals surface area contributed by atoms with Crippen molar-refractivity contribution in [1.29, 1.82) is 0 Å². The van der Waals surface area contributed by atoms with Crippen molar-refractivity contribution < 1.29 is 19.0 Å². The molecule has 4 nitrogen and oxygen atoms in total. The summed E-state index contributed by atoms with van der Waals surface area (Å²) in [5.41, 5.74) is 0.822. The van der Waals surface area contributed by atoms with Gasteiger partial charge in [0.2, 0.25) is 5.76 Å². The minimum atomic E-state index is -0.456. The van der Waals surface area contributed by atoms with Crippen LogP contribution in [-0.4, -0.2) is 20.2 Å². The van der Waals surface area contributed by atoms with Gasteiger partial charge in [-0.05, 0) is 0 Å². The van der Waals surface area contributed by atoms with E-state index in [1.165, 1.54) is 20.3 Å². The van der Waals surface area contributed by atoms with Crippen LogP contribution in [0.25, 0.3) is 5.76 Å². The Balaban J connectivity index is 2.48. The van der Waals surface area contributed by atoms with Crippen molar-refractivity contribution in [3.05, 3.63) is 53.5 Å². The monoisotopic (exact) mass is 232 g/mol. The molecule has 17 heavy (non-hydrogen) atoms. The van der Waals surface area contributed by atoms with Gasteiger partial charge >= 0.3 is 5.97 Å². The molecule has 1 aromatic carbocycles. The number of esters is 1. The van der Waals surface area contributed by atoms with Gasteiger partial charge in [0.25, 0.3) is 0 Å². The van der Waals surface area contributed by atoms with Gasteiger partial charge in [0.15, 0.2) is 11.5 Å². The lowest BCUT2D eigenvalue weighted by atomic mass is 10.1. The Morgan fingerprint density at radius 2 is 1.88 bits per heavy atom. The van der Waals surface area contributed by atoms with Crippen LogP contribution in [0.15, 0.2) is 47.9 Å². The third kappa shape index (κ3) is 2.15. The largest absolute Gasteiger partial charge is 0.492 e. The van der Waals surface area contributed by atoms with Crippen LogP contribution >= 0.6 is 0 Å². The fourth-order valence-electron chi connectivity index (χ4n) is 1.59. The molecule has 0 fully saturated rings. The number of hydrogen-bond acceptors (Lipinski definition) is 4. The van der Waals surface area contributed by atoms with E-state index in [-0.39, 0.29) is 0 Å². The van der Waals surface area contributed by atoms with E-state index in [0.717, 1.165) is 5.56 Å². The molecule has 0 bridgehead atoms. The Morgan fingerprint density at radius 3 is 2.47 bits per heavy atom. The van der Waals surface area contributed by atoms with Crippen molar-refractivity contribution in [2.75, 3.05) is 14.2 Å². The predicted molar refractivity (Wildman–Crippen MR) is 61.6 cm³/mol. The highest BCUT2D eigenvalue weighted by atomic mass is 16.6. The van der Waals surface area contributed by atoms with Gasteiger partial charge in [-0.1, -0.05) is 30.3 Å². The van der Waals surface area contributed by atoms with Crippen LogP contribution < -0.4 is 0 Å². The third-order valence-electron chi connectivity index (χ3n) is 2.34. The second kappa shape index (κ2) is 4.74. The van der Waals surface area contributed by atoms with Gasteiger partial charge in [-0.3, -0.25) is 0 Å². The summed E-state index contributed by atoms with van der Waals surface area (Å²) in [6.45, 7) is 0. The van der Waals surface area contributed by atoms with Crippen molar-refractivity contribution in [3.8, 4) is 0 Å². The number of benzene rings is 1. The molecule has 88 valence electrons. The average molecular weight is 232 g/mol. The highest BCUT2D eigenvalue weighted by Gasteiger charge is 2.26. The lowest BCUT2D eigenvalue weighted by Gasteiger charge is -2.11. The summed E-state index contributed by atoms with van der Waals surface area (Å²) in [6.07, 6.45) is 1.29. The number of hydrogen-bond donors (Lipinski definition) is 0. The third-order valence-corrected chi connectivity index (χ3v) is 2.34. The summed E-state index contributed by atoms with van der Waals surface area (Å²) in [5.74, 6) is 0.703. The Labute approximate surface area is 99.1 Å². The Morgan fingerprint density at radius 1 is 1.18 bits per heavy atom. The highest BCUT2D eigenvalue weighted by molar-refractivity contribution is 5.90. The number of ether oxygens (including phenoxy) is 3. The SMILES string of the molecule is COC1=CC(=O)O/C1=C(\OC)c1ccccc1. The number of carbonyl (C=O) groups excluding carboxylic acids is 1. The average Bonchev–Trinajstić information content (AvgIpc) is 2.73. The fraction of sp³-hybridized carbons (Fsp3) is 0.154. The van der Waals surface area contributed by atoms with Gasteiger partial charge < -0.3 is 14.2 Å². The maximum absolute atomic E-state index is 11.2. The Kier molecular flexibility index (Phi) is 3.14. The summed E-state index contributed by atoms with van der Waals surface area (Å²) < 4.78 is 15.4. The maximum atomic E-state index is 11.2. The van der Waals surface area contributed by atoms with Crippen LogP contribution in [0.4, 0.5) is 0 Å².